The molecule has 1 aromatic rings. The van der Waals surface area contributed by atoms with Crippen molar-refractivity contribution in [1.29, 1.82) is 0 Å². The summed E-state index contributed by atoms with van der Waals surface area (Å²) in [5.74, 6) is 0. The molecule has 5 heteroatoms. The highest BCUT2D eigenvalue weighted by molar-refractivity contribution is 8.04. The minimum atomic E-state index is -4.13. The van der Waals surface area contributed by atoms with Crippen molar-refractivity contribution < 1.29 is 13.2 Å². The Morgan fingerprint density at radius 1 is 1.36 bits per heavy atom. The summed E-state index contributed by atoms with van der Waals surface area (Å²) in [6.45, 7) is 1.84. The Kier molecular flexibility index (Phi) is 3.03. The number of hydrogen-bond acceptors (Lipinski definition) is 3. The molecule has 4 nitrogen and oxygen atoms in total. The Labute approximate surface area is 82.8 Å². The predicted molar refractivity (Wildman–Crippen MR) is 53.3 cm³/mol. The van der Waals surface area contributed by atoms with Crippen molar-refractivity contribution in [3.05, 3.63) is 35.4 Å². The first kappa shape index (κ1) is 10.9. The van der Waals surface area contributed by atoms with Crippen LogP contribution in [0.1, 0.15) is 22.8 Å². The van der Waals surface area contributed by atoms with E-state index in [1.165, 1.54) is 6.07 Å². The third kappa shape index (κ3) is 2.18. The highest BCUT2D eigenvalue weighted by Gasteiger charge is 2.20. The predicted octanol–water partition coefficient (Wildman–Crippen LogP) is 0.678. The summed E-state index contributed by atoms with van der Waals surface area (Å²) >= 11 is 0. The van der Waals surface area contributed by atoms with Gasteiger partial charge < -0.3 is 0 Å². The first-order valence-electron chi connectivity index (χ1n) is 4.12. The number of sulfonamides is 1. The van der Waals surface area contributed by atoms with Crippen molar-refractivity contribution in [1.82, 2.24) is 0 Å². The third-order valence-electron chi connectivity index (χ3n) is 1.88. The first-order chi connectivity index (χ1) is 6.46. The molecule has 0 bridgehead atoms. The lowest BCUT2D eigenvalue weighted by Gasteiger charge is -2.03. The number of primary sulfonamides is 1. The van der Waals surface area contributed by atoms with Gasteiger partial charge in [-0.15, -0.1) is 0 Å². The fourth-order valence-electron chi connectivity index (χ4n) is 1.18. The summed E-state index contributed by atoms with van der Waals surface area (Å²) in [7, 11) is -4.13. The molecule has 0 aliphatic heterocycles. The summed E-state index contributed by atoms with van der Waals surface area (Å²) in [5.41, 5.74) is 0.851. The monoisotopic (exact) mass is 213 g/mol. The molecule has 0 fully saturated rings. The van der Waals surface area contributed by atoms with Crippen molar-refractivity contribution in [2.75, 3.05) is 0 Å². The lowest BCUT2D eigenvalue weighted by atomic mass is 10.1. The van der Waals surface area contributed by atoms with Crippen LogP contribution in [-0.2, 0) is 16.4 Å². The Hall–Kier alpha value is -1.20. The number of carbonyl (C=O) groups is 1. The van der Waals surface area contributed by atoms with Gasteiger partial charge in [-0.3, -0.25) is 4.79 Å². The number of aryl methyl sites for hydroxylation is 1. The van der Waals surface area contributed by atoms with Gasteiger partial charge in [0, 0.05) is 5.56 Å². The fourth-order valence-corrected chi connectivity index (χ4v) is 1.69. The van der Waals surface area contributed by atoms with Gasteiger partial charge in [0.15, 0.2) is 0 Å². The van der Waals surface area contributed by atoms with Crippen LogP contribution in [0.3, 0.4) is 0 Å². The molecule has 0 atom stereocenters. The van der Waals surface area contributed by atoms with Crippen molar-refractivity contribution in [3.63, 3.8) is 0 Å². The van der Waals surface area contributed by atoms with Crippen LogP contribution in [0.4, 0.5) is 0 Å². The molecule has 0 saturated carbocycles. The molecule has 1 rings (SSSR count). The molecule has 0 unspecified atom stereocenters. The molecular formula is C9H11NO3S. The third-order valence-corrected chi connectivity index (χ3v) is 2.61. The topological polar surface area (TPSA) is 77.2 Å². The molecule has 0 amide bonds. The molecule has 0 aliphatic rings. The largest absolute Gasteiger partial charge is 0.291 e. The zero-order chi connectivity index (χ0) is 10.8. The average molecular weight is 213 g/mol. The molecular weight excluding hydrogens is 202 g/mol. The van der Waals surface area contributed by atoms with Crippen LogP contribution in [0, 0.1) is 0 Å². The standard InChI is InChI=1S/C9H11NO3S/c1-2-7-5-3-4-6-8(7)9(11)14(10,12)13/h3-6H,2H2,1H3,(H2,10,12,13). The van der Waals surface area contributed by atoms with E-state index in [9.17, 15) is 13.2 Å². The Balaban J connectivity index is 3.27. The van der Waals surface area contributed by atoms with Crippen molar-refractivity contribution >= 4 is 15.1 Å². The van der Waals surface area contributed by atoms with E-state index in [0.717, 1.165) is 0 Å². The second-order valence-electron chi connectivity index (χ2n) is 2.84. The summed E-state index contributed by atoms with van der Waals surface area (Å²) in [6.07, 6.45) is 0.595. The van der Waals surface area contributed by atoms with Gasteiger partial charge in [-0.05, 0) is 18.1 Å². The van der Waals surface area contributed by atoms with Crippen LogP contribution in [0.25, 0.3) is 0 Å². The quantitative estimate of drug-likeness (QED) is 0.784. The Bertz CT molecular complexity index is 451. The molecule has 76 valence electrons. The van der Waals surface area contributed by atoms with E-state index in [2.05, 4.69) is 0 Å². The first-order valence-corrected chi connectivity index (χ1v) is 5.66. The van der Waals surface area contributed by atoms with Gasteiger partial charge in [-0.25, -0.2) is 13.6 Å². The van der Waals surface area contributed by atoms with Crippen molar-refractivity contribution in [3.8, 4) is 0 Å². The number of nitrogens with two attached hydrogens (primary N) is 1. The molecule has 1 aromatic carbocycles. The van der Waals surface area contributed by atoms with Gasteiger partial charge in [0.05, 0.1) is 0 Å². The minimum Gasteiger partial charge on any atom is -0.274 e. The highest BCUT2D eigenvalue weighted by atomic mass is 32.2. The van der Waals surface area contributed by atoms with E-state index in [-0.39, 0.29) is 5.56 Å². The van der Waals surface area contributed by atoms with Gasteiger partial charge in [0.25, 0.3) is 15.1 Å². The molecule has 0 saturated heterocycles. The van der Waals surface area contributed by atoms with Gasteiger partial charge in [0.1, 0.15) is 0 Å². The van der Waals surface area contributed by atoms with Crippen LogP contribution >= 0.6 is 0 Å². The van der Waals surface area contributed by atoms with Crippen LogP contribution in [0.5, 0.6) is 0 Å². The van der Waals surface area contributed by atoms with Gasteiger partial charge >= 0.3 is 0 Å². The lowest BCUT2D eigenvalue weighted by molar-refractivity contribution is 0.107. The molecule has 2 N–H and O–H groups in total. The van der Waals surface area contributed by atoms with Gasteiger partial charge in [0.2, 0.25) is 0 Å². The van der Waals surface area contributed by atoms with Gasteiger partial charge in [-0.2, -0.15) is 0 Å². The van der Waals surface area contributed by atoms with E-state index < -0.39 is 15.1 Å². The van der Waals surface area contributed by atoms with Crippen LogP contribution in [-0.4, -0.2) is 13.5 Å². The summed E-state index contributed by atoms with van der Waals surface area (Å²) < 4.78 is 21.7. The summed E-state index contributed by atoms with van der Waals surface area (Å²) in [6, 6.07) is 6.53. The van der Waals surface area contributed by atoms with E-state index >= 15 is 0 Å². The van der Waals surface area contributed by atoms with E-state index in [1.807, 2.05) is 6.92 Å². The number of carbonyl (C=O) groups excluding carboxylic acids is 1. The van der Waals surface area contributed by atoms with Crippen LogP contribution < -0.4 is 5.14 Å². The normalized spacial score (nSPS) is 11.3. The summed E-state index contributed by atoms with van der Waals surface area (Å²) in [4.78, 5) is 11.3. The van der Waals surface area contributed by atoms with Crippen molar-refractivity contribution in [2.24, 2.45) is 5.14 Å². The van der Waals surface area contributed by atoms with Crippen molar-refractivity contribution in [2.45, 2.75) is 13.3 Å². The maximum absolute atomic E-state index is 11.3. The van der Waals surface area contributed by atoms with Gasteiger partial charge in [-0.1, -0.05) is 25.1 Å². The summed E-state index contributed by atoms with van der Waals surface area (Å²) in [5, 5.41) is 3.74. The van der Waals surface area contributed by atoms with Crippen LogP contribution in [0.15, 0.2) is 24.3 Å². The molecule has 0 heterocycles. The zero-order valence-electron chi connectivity index (χ0n) is 7.73. The molecule has 0 aliphatic carbocycles. The Morgan fingerprint density at radius 2 is 1.93 bits per heavy atom. The lowest BCUT2D eigenvalue weighted by Crippen LogP contribution is -2.24. The molecule has 14 heavy (non-hydrogen) atoms. The minimum absolute atomic E-state index is 0.164. The second kappa shape index (κ2) is 3.89. The highest BCUT2D eigenvalue weighted by Crippen LogP contribution is 2.11. The van der Waals surface area contributed by atoms with E-state index in [1.54, 1.807) is 18.2 Å². The number of benzene rings is 1. The Morgan fingerprint density at radius 3 is 2.43 bits per heavy atom. The van der Waals surface area contributed by atoms with Crippen LogP contribution in [0.2, 0.25) is 0 Å². The molecule has 0 radical (unpaired) electrons. The average Bonchev–Trinajstić information content (AvgIpc) is 2.15. The van der Waals surface area contributed by atoms with E-state index in [0.29, 0.717) is 12.0 Å². The van der Waals surface area contributed by atoms with E-state index in [4.69, 9.17) is 5.14 Å². The molecule has 0 spiro atoms. The maximum Gasteiger partial charge on any atom is 0.291 e. The fraction of sp³-hybridized carbons (Fsp3) is 0.222. The second-order valence-corrected chi connectivity index (χ2v) is 4.30. The maximum atomic E-state index is 11.3. The SMILES string of the molecule is CCc1ccccc1C(=O)S(N)(=O)=O. The molecule has 0 aromatic heterocycles. The number of rotatable bonds is 2. The smallest absolute Gasteiger partial charge is 0.274 e. The number of hydrogen-bond donors (Lipinski definition) is 1. The zero-order valence-corrected chi connectivity index (χ0v) is 8.54.